The number of benzene rings is 2. The van der Waals surface area contributed by atoms with Gasteiger partial charge in [-0.05, 0) is 41.3 Å². The van der Waals surface area contributed by atoms with Crippen molar-refractivity contribution in [2.75, 3.05) is 7.11 Å². The fraction of sp³-hybridized carbons (Fsp3) is 0.130. The Morgan fingerprint density at radius 3 is 2.57 bits per heavy atom. The summed E-state index contributed by atoms with van der Waals surface area (Å²) < 4.78 is 5.22. The van der Waals surface area contributed by atoms with Crippen molar-refractivity contribution in [2.24, 2.45) is 0 Å². The van der Waals surface area contributed by atoms with Crippen LogP contribution in [0.3, 0.4) is 0 Å². The van der Waals surface area contributed by atoms with Crippen LogP contribution < -0.4 is 4.74 Å². The maximum Gasteiger partial charge on any atom is 0.295 e. The standard InChI is InChI=1S/C23H18ClNO4S/c1-29-17-5-2-4-15(12-17)21(26)19-20(14-7-9-16(24)10-8-14)25(23(28)22(19)27)13-18-6-3-11-30-18/h2-12,20,26H,13H2,1H3/b21-19-. The third kappa shape index (κ3) is 3.72. The maximum absolute atomic E-state index is 13.0. The molecule has 0 aliphatic carbocycles. The third-order valence-electron chi connectivity index (χ3n) is 4.98. The molecule has 1 atom stereocenters. The van der Waals surface area contributed by atoms with Crippen LogP contribution in [-0.2, 0) is 16.1 Å². The number of nitrogens with zero attached hydrogens (tertiary/aromatic N) is 1. The number of likely N-dealkylation sites (tertiary alicyclic amines) is 1. The Hall–Kier alpha value is -3.09. The highest BCUT2D eigenvalue weighted by Crippen LogP contribution is 2.41. The number of hydrogen-bond acceptors (Lipinski definition) is 5. The Kier molecular flexibility index (Phi) is 5.61. The lowest BCUT2D eigenvalue weighted by Crippen LogP contribution is -2.28. The molecular weight excluding hydrogens is 422 g/mol. The number of ketones is 1. The van der Waals surface area contributed by atoms with Crippen molar-refractivity contribution in [2.45, 2.75) is 12.6 Å². The molecule has 1 aromatic heterocycles. The molecule has 1 N–H and O–H groups in total. The SMILES string of the molecule is COc1cccc(/C(O)=C2/C(=O)C(=O)N(Cc3cccs3)C2c2ccc(Cl)cc2)c1. The minimum Gasteiger partial charge on any atom is -0.507 e. The second-order valence-electron chi connectivity index (χ2n) is 6.79. The molecule has 1 fully saturated rings. The van der Waals surface area contributed by atoms with Gasteiger partial charge in [0.15, 0.2) is 0 Å². The highest BCUT2D eigenvalue weighted by molar-refractivity contribution is 7.09. The number of rotatable bonds is 5. The van der Waals surface area contributed by atoms with Crippen LogP contribution in [0.1, 0.15) is 22.0 Å². The molecule has 3 aromatic rings. The topological polar surface area (TPSA) is 66.8 Å². The predicted octanol–water partition coefficient (Wildman–Crippen LogP) is 5.03. The van der Waals surface area contributed by atoms with Gasteiger partial charge in [0.25, 0.3) is 11.7 Å². The number of ether oxygens (including phenoxy) is 1. The van der Waals surface area contributed by atoms with E-state index in [1.54, 1.807) is 48.5 Å². The molecule has 1 aliphatic heterocycles. The number of amides is 1. The van der Waals surface area contributed by atoms with Crippen molar-refractivity contribution in [3.63, 3.8) is 0 Å². The van der Waals surface area contributed by atoms with Gasteiger partial charge in [0.1, 0.15) is 11.5 Å². The van der Waals surface area contributed by atoms with Crippen molar-refractivity contribution >= 4 is 40.4 Å². The van der Waals surface area contributed by atoms with Crippen LogP contribution >= 0.6 is 22.9 Å². The molecule has 0 bridgehead atoms. The number of aliphatic hydroxyl groups is 1. The molecule has 1 saturated heterocycles. The lowest BCUT2D eigenvalue weighted by atomic mass is 9.95. The highest BCUT2D eigenvalue weighted by Gasteiger charge is 2.46. The van der Waals surface area contributed by atoms with Gasteiger partial charge < -0.3 is 14.7 Å². The van der Waals surface area contributed by atoms with E-state index in [4.69, 9.17) is 16.3 Å². The van der Waals surface area contributed by atoms with E-state index in [1.807, 2.05) is 17.5 Å². The molecule has 7 heteroatoms. The van der Waals surface area contributed by atoms with Crippen molar-refractivity contribution in [1.82, 2.24) is 4.90 Å². The Morgan fingerprint density at radius 1 is 1.13 bits per heavy atom. The van der Waals surface area contributed by atoms with E-state index in [-0.39, 0.29) is 17.9 Å². The zero-order valence-electron chi connectivity index (χ0n) is 16.0. The number of methoxy groups -OCH3 is 1. The molecule has 2 aromatic carbocycles. The Balaban J connectivity index is 1.86. The molecule has 2 heterocycles. The summed E-state index contributed by atoms with van der Waals surface area (Å²) in [6.07, 6.45) is 0. The molecule has 30 heavy (non-hydrogen) atoms. The molecule has 1 amide bonds. The number of Topliss-reactive ketones (excluding diaryl/α,β-unsaturated/α-hetero) is 1. The van der Waals surface area contributed by atoms with Crippen molar-refractivity contribution < 1.29 is 19.4 Å². The van der Waals surface area contributed by atoms with Crippen LogP contribution in [0, 0.1) is 0 Å². The fourth-order valence-corrected chi connectivity index (χ4v) is 4.36. The lowest BCUT2D eigenvalue weighted by Gasteiger charge is -2.25. The number of halogens is 1. The van der Waals surface area contributed by atoms with Gasteiger partial charge in [0.05, 0.1) is 25.3 Å². The predicted molar refractivity (Wildman–Crippen MR) is 117 cm³/mol. The maximum atomic E-state index is 13.0. The van der Waals surface area contributed by atoms with E-state index >= 15 is 0 Å². The quantitative estimate of drug-likeness (QED) is 0.344. The fourth-order valence-electron chi connectivity index (χ4n) is 3.53. The summed E-state index contributed by atoms with van der Waals surface area (Å²) >= 11 is 7.54. The van der Waals surface area contributed by atoms with E-state index in [2.05, 4.69) is 0 Å². The summed E-state index contributed by atoms with van der Waals surface area (Å²) in [5, 5.41) is 13.5. The van der Waals surface area contributed by atoms with Gasteiger partial charge in [-0.3, -0.25) is 9.59 Å². The molecular formula is C23H18ClNO4S. The first kappa shape index (κ1) is 20.2. The van der Waals surface area contributed by atoms with Crippen LogP contribution in [0.2, 0.25) is 5.02 Å². The zero-order valence-corrected chi connectivity index (χ0v) is 17.6. The van der Waals surface area contributed by atoms with Crippen LogP contribution in [0.5, 0.6) is 5.75 Å². The number of hydrogen-bond donors (Lipinski definition) is 1. The average molecular weight is 440 g/mol. The van der Waals surface area contributed by atoms with E-state index in [0.29, 0.717) is 21.9 Å². The molecule has 1 unspecified atom stereocenters. The van der Waals surface area contributed by atoms with E-state index in [1.165, 1.54) is 23.3 Å². The summed E-state index contributed by atoms with van der Waals surface area (Å²) in [5.74, 6) is -1.06. The highest BCUT2D eigenvalue weighted by atomic mass is 35.5. The molecule has 0 radical (unpaired) electrons. The average Bonchev–Trinajstić information content (AvgIpc) is 3.36. The number of thiophene rings is 1. The smallest absolute Gasteiger partial charge is 0.295 e. The molecule has 5 nitrogen and oxygen atoms in total. The number of carbonyl (C=O) groups is 2. The van der Waals surface area contributed by atoms with Crippen LogP contribution in [-0.4, -0.2) is 28.8 Å². The van der Waals surface area contributed by atoms with Gasteiger partial charge in [-0.15, -0.1) is 11.3 Å². The number of aliphatic hydroxyl groups excluding tert-OH is 1. The molecule has 1 aliphatic rings. The summed E-state index contributed by atoms with van der Waals surface area (Å²) in [7, 11) is 1.52. The Morgan fingerprint density at radius 2 is 1.90 bits per heavy atom. The minimum absolute atomic E-state index is 0.0483. The van der Waals surface area contributed by atoms with E-state index in [0.717, 1.165) is 4.88 Å². The van der Waals surface area contributed by atoms with Gasteiger partial charge in [0, 0.05) is 15.5 Å². The van der Waals surface area contributed by atoms with Gasteiger partial charge in [-0.25, -0.2) is 0 Å². The van der Waals surface area contributed by atoms with Crippen LogP contribution in [0.25, 0.3) is 5.76 Å². The van der Waals surface area contributed by atoms with Crippen LogP contribution in [0.15, 0.2) is 71.6 Å². The monoisotopic (exact) mass is 439 g/mol. The first-order valence-corrected chi connectivity index (χ1v) is 10.5. The van der Waals surface area contributed by atoms with Crippen LogP contribution in [0.4, 0.5) is 0 Å². The number of carbonyl (C=O) groups excluding carboxylic acids is 2. The van der Waals surface area contributed by atoms with Gasteiger partial charge in [-0.1, -0.05) is 41.9 Å². The molecule has 4 rings (SSSR count). The normalized spacial score (nSPS) is 18.1. The van der Waals surface area contributed by atoms with E-state index < -0.39 is 17.7 Å². The zero-order chi connectivity index (χ0) is 21.3. The second-order valence-corrected chi connectivity index (χ2v) is 8.26. The summed E-state index contributed by atoms with van der Waals surface area (Å²) in [5.41, 5.74) is 1.15. The first-order valence-electron chi connectivity index (χ1n) is 9.20. The second kappa shape index (κ2) is 8.34. The summed E-state index contributed by atoms with van der Waals surface area (Å²) in [4.78, 5) is 28.4. The molecule has 0 saturated carbocycles. The summed E-state index contributed by atoms with van der Waals surface area (Å²) in [6, 6.07) is 16.8. The van der Waals surface area contributed by atoms with Crippen molar-refractivity contribution in [3.05, 3.63) is 92.6 Å². The van der Waals surface area contributed by atoms with E-state index in [9.17, 15) is 14.7 Å². The van der Waals surface area contributed by atoms with Gasteiger partial charge in [0.2, 0.25) is 0 Å². The van der Waals surface area contributed by atoms with Gasteiger partial charge in [-0.2, -0.15) is 0 Å². The lowest BCUT2D eigenvalue weighted by molar-refractivity contribution is -0.140. The summed E-state index contributed by atoms with van der Waals surface area (Å²) in [6.45, 7) is 0.268. The Labute approximate surface area is 182 Å². The Bertz CT molecular complexity index is 1120. The largest absolute Gasteiger partial charge is 0.507 e. The van der Waals surface area contributed by atoms with Crippen molar-refractivity contribution in [1.29, 1.82) is 0 Å². The molecule has 152 valence electrons. The molecule has 0 spiro atoms. The van der Waals surface area contributed by atoms with Crippen molar-refractivity contribution in [3.8, 4) is 5.75 Å². The third-order valence-corrected chi connectivity index (χ3v) is 6.09. The van der Waals surface area contributed by atoms with Gasteiger partial charge >= 0.3 is 0 Å². The first-order chi connectivity index (χ1) is 14.5. The minimum atomic E-state index is -0.726.